The van der Waals surface area contributed by atoms with E-state index in [0.29, 0.717) is 5.92 Å². The van der Waals surface area contributed by atoms with Crippen LogP contribution in [0.15, 0.2) is 0 Å². The Balaban J connectivity index is 3.76. The van der Waals surface area contributed by atoms with Gasteiger partial charge in [-0.15, -0.1) is 0 Å². The van der Waals surface area contributed by atoms with Crippen LogP contribution in [0.2, 0.25) is 0 Å². The Morgan fingerprint density at radius 1 is 1.27 bits per heavy atom. The maximum Gasteiger partial charge on any atom is 0.248 e. The lowest BCUT2D eigenvalue weighted by atomic mass is 10.1. The van der Waals surface area contributed by atoms with Crippen molar-refractivity contribution in [2.45, 2.75) is 39.8 Å². The maximum atomic E-state index is 10.9. The van der Waals surface area contributed by atoms with Crippen LogP contribution in [0.5, 0.6) is 0 Å². The van der Waals surface area contributed by atoms with Gasteiger partial charge in [0, 0.05) is 6.04 Å². The number of carbonyl (C=O) groups is 1. The van der Waals surface area contributed by atoms with Crippen LogP contribution in [0.4, 0.5) is 0 Å². The number of nitrogens with one attached hydrogen (secondary N) is 1. The summed E-state index contributed by atoms with van der Waals surface area (Å²) in [6, 6.07) is 0.122. The zero-order valence-corrected chi connectivity index (χ0v) is 7.59. The van der Waals surface area contributed by atoms with Crippen LogP contribution >= 0.6 is 0 Å². The van der Waals surface area contributed by atoms with Gasteiger partial charge in [0.05, 0.1) is 0 Å². The quantitative estimate of drug-likeness (QED) is 0.631. The fourth-order valence-corrected chi connectivity index (χ4v) is 0.512. The molecule has 0 aliphatic rings. The lowest BCUT2D eigenvalue weighted by Gasteiger charge is -2.18. The molecule has 0 aromatic rings. The largest absolute Gasteiger partial charge is 0.384 e. The summed E-state index contributed by atoms with van der Waals surface area (Å²) in [6.07, 6.45) is -0.906. The van der Waals surface area contributed by atoms with Crippen molar-refractivity contribution in [1.82, 2.24) is 5.32 Å². The molecule has 3 heteroatoms. The molecule has 0 aliphatic carbocycles. The van der Waals surface area contributed by atoms with Crippen molar-refractivity contribution in [1.29, 1.82) is 0 Å². The molecule has 0 aliphatic heterocycles. The minimum absolute atomic E-state index is 0.122. The summed E-state index contributed by atoms with van der Waals surface area (Å²) in [5.41, 5.74) is 0. The lowest BCUT2D eigenvalue weighted by Crippen LogP contribution is -2.41. The minimum Gasteiger partial charge on any atom is -0.384 e. The maximum absolute atomic E-state index is 10.9. The van der Waals surface area contributed by atoms with Crippen molar-refractivity contribution in [3.05, 3.63) is 0 Å². The van der Waals surface area contributed by atoms with Crippen molar-refractivity contribution in [3.63, 3.8) is 0 Å². The van der Waals surface area contributed by atoms with Gasteiger partial charge in [-0.25, -0.2) is 0 Å². The second kappa shape index (κ2) is 4.34. The number of carbonyl (C=O) groups excluding carboxylic acids is 1. The van der Waals surface area contributed by atoms with Crippen LogP contribution in [0.3, 0.4) is 0 Å². The fraction of sp³-hybridized carbons (Fsp3) is 0.875. The van der Waals surface area contributed by atoms with Crippen molar-refractivity contribution in [3.8, 4) is 0 Å². The van der Waals surface area contributed by atoms with Crippen molar-refractivity contribution < 1.29 is 9.90 Å². The summed E-state index contributed by atoms with van der Waals surface area (Å²) in [5.74, 6) is 0.101. The molecule has 0 bridgehead atoms. The average molecular weight is 159 g/mol. The average Bonchev–Trinajstić information content (AvgIpc) is 1.87. The topological polar surface area (TPSA) is 49.3 Å². The normalized spacial score (nSPS) is 16.2. The van der Waals surface area contributed by atoms with Gasteiger partial charge in [0.1, 0.15) is 6.10 Å². The number of hydrogen-bond donors (Lipinski definition) is 2. The Kier molecular flexibility index (Phi) is 4.11. The Bertz CT molecular complexity index is 132. The van der Waals surface area contributed by atoms with E-state index >= 15 is 0 Å². The molecule has 0 saturated heterocycles. The molecule has 0 radical (unpaired) electrons. The van der Waals surface area contributed by atoms with E-state index in [1.165, 1.54) is 6.92 Å². The van der Waals surface area contributed by atoms with E-state index < -0.39 is 6.10 Å². The van der Waals surface area contributed by atoms with E-state index in [0.717, 1.165) is 0 Å². The highest BCUT2D eigenvalue weighted by Gasteiger charge is 2.13. The standard InChI is InChI=1S/C8H17NO2/c1-5(2)6(3)9-8(11)7(4)10/h5-7,10H,1-4H3,(H,9,11)/t6?,7-/m1/s1. The third-order valence-electron chi connectivity index (χ3n) is 1.75. The first-order valence-corrected chi connectivity index (χ1v) is 3.93. The molecule has 0 aromatic carbocycles. The van der Waals surface area contributed by atoms with Gasteiger partial charge in [-0.2, -0.15) is 0 Å². The number of hydrogen-bond acceptors (Lipinski definition) is 2. The lowest BCUT2D eigenvalue weighted by molar-refractivity contribution is -0.129. The first-order valence-electron chi connectivity index (χ1n) is 3.93. The van der Waals surface area contributed by atoms with Gasteiger partial charge in [-0.05, 0) is 19.8 Å². The van der Waals surface area contributed by atoms with Gasteiger partial charge in [0.25, 0.3) is 0 Å². The van der Waals surface area contributed by atoms with Crippen molar-refractivity contribution in [2.24, 2.45) is 5.92 Å². The summed E-state index contributed by atoms with van der Waals surface area (Å²) >= 11 is 0. The molecule has 0 spiro atoms. The summed E-state index contributed by atoms with van der Waals surface area (Å²) in [7, 11) is 0. The molecular formula is C8H17NO2. The molecule has 2 N–H and O–H groups in total. The van der Waals surface area contributed by atoms with Crippen molar-refractivity contribution in [2.75, 3.05) is 0 Å². The summed E-state index contributed by atoms with van der Waals surface area (Å²) in [5, 5.41) is 11.5. The van der Waals surface area contributed by atoms with Gasteiger partial charge in [0.15, 0.2) is 0 Å². The van der Waals surface area contributed by atoms with E-state index in [9.17, 15) is 4.79 Å². The molecule has 1 amide bonds. The molecule has 66 valence electrons. The van der Waals surface area contributed by atoms with Crippen LogP contribution in [-0.4, -0.2) is 23.2 Å². The van der Waals surface area contributed by atoms with Gasteiger partial charge in [-0.3, -0.25) is 4.79 Å². The van der Waals surface area contributed by atoms with Crippen molar-refractivity contribution >= 4 is 5.91 Å². The van der Waals surface area contributed by atoms with Crippen LogP contribution in [0.1, 0.15) is 27.7 Å². The number of amides is 1. The van der Waals surface area contributed by atoms with Gasteiger partial charge >= 0.3 is 0 Å². The SMILES string of the molecule is CC(C)C(C)NC(=O)[C@@H](C)O. The van der Waals surface area contributed by atoms with Crippen LogP contribution < -0.4 is 5.32 Å². The Hall–Kier alpha value is -0.570. The molecule has 3 nitrogen and oxygen atoms in total. The van der Waals surface area contributed by atoms with E-state index in [-0.39, 0.29) is 11.9 Å². The predicted octanol–water partition coefficient (Wildman–Crippen LogP) is 0.528. The zero-order valence-electron chi connectivity index (χ0n) is 7.59. The zero-order chi connectivity index (χ0) is 9.02. The van der Waals surface area contributed by atoms with E-state index in [2.05, 4.69) is 5.32 Å². The molecular weight excluding hydrogens is 142 g/mol. The van der Waals surface area contributed by atoms with Gasteiger partial charge < -0.3 is 10.4 Å². The Labute approximate surface area is 67.8 Å². The van der Waals surface area contributed by atoms with Crippen LogP contribution in [0.25, 0.3) is 0 Å². The molecule has 0 rings (SSSR count). The third-order valence-corrected chi connectivity index (χ3v) is 1.75. The molecule has 0 saturated carbocycles. The molecule has 11 heavy (non-hydrogen) atoms. The molecule has 2 atom stereocenters. The highest BCUT2D eigenvalue weighted by atomic mass is 16.3. The molecule has 0 fully saturated rings. The van der Waals surface area contributed by atoms with Crippen LogP contribution in [0, 0.1) is 5.92 Å². The predicted molar refractivity (Wildman–Crippen MR) is 44.1 cm³/mol. The number of aliphatic hydroxyl groups excluding tert-OH is 1. The Morgan fingerprint density at radius 2 is 1.73 bits per heavy atom. The highest BCUT2D eigenvalue weighted by molar-refractivity contribution is 5.80. The van der Waals surface area contributed by atoms with E-state index in [4.69, 9.17) is 5.11 Å². The summed E-state index contributed by atoms with van der Waals surface area (Å²) < 4.78 is 0. The van der Waals surface area contributed by atoms with Gasteiger partial charge in [0.2, 0.25) is 5.91 Å². The fourth-order valence-electron chi connectivity index (χ4n) is 0.512. The van der Waals surface area contributed by atoms with E-state index in [1.807, 2.05) is 20.8 Å². The molecule has 0 heterocycles. The minimum atomic E-state index is -0.906. The van der Waals surface area contributed by atoms with E-state index in [1.54, 1.807) is 0 Å². The van der Waals surface area contributed by atoms with Crippen LogP contribution in [-0.2, 0) is 4.79 Å². The second-order valence-corrected chi connectivity index (χ2v) is 3.22. The number of aliphatic hydroxyl groups is 1. The summed E-state index contributed by atoms with van der Waals surface area (Å²) in [4.78, 5) is 10.9. The molecule has 0 aromatic heterocycles. The van der Waals surface area contributed by atoms with Gasteiger partial charge in [-0.1, -0.05) is 13.8 Å². The molecule has 1 unspecified atom stereocenters. The third kappa shape index (κ3) is 3.98. The Morgan fingerprint density at radius 3 is 2.00 bits per heavy atom. The first kappa shape index (κ1) is 10.4. The monoisotopic (exact) mass is 159 g/mol. The summed E-state index contributed by atoms with van der Waals surface area (Å²) in [6.45, 7) is 7.42. The first-order chi connectivity index (χ1) is 4.95. The highest BCUT2D eigenvalue weighted by Crippen LogP contribution is 1.99. The smallest absolute Gasteiger partial charge is 0.248 e. The number of rotatable bonds is 3. The second-order valence-electron chi connectivity index (χ2n) is 3.22.